The fourth-order valence-corrected chi connectivity index (χ4v) is 1.61. The molecule has 1 amide bonds. The molecule has 0 aliphatic carbocycles. The van der Waals surface area contributed by atoms with Crippen LogP contribution >= 0.6 is 11.6 Å². The Bertz CT molecular complexity index is 595. The van der Waals surface area contributed by atoms with Gasteiger partial charge >= 0.3 is 0 Å². The summed E-state index contributed by atoms with van der Waals surface area (Å²) in [6.07, 6.45) is 0. The highest BCUT2D eigenvalue weighted by Crippen LogP contribution is 2.25. The Morgan fingerprint density at radius 3 is 2.25 bits per heavy atom. The van der Waals surface area contributed by atoms with Crippen LogP contribution < -0.4 is 14.8 Å². The average Bonchev–Trinajstić information content (AvgIpc) is 2.47. The number of nitrogens with zero attached hydrogens (tertiary/aromatic N) is 2. The summed E-state index contributed by atoms with van der Waals surface area (Å²) in [5.74, 6) is 0.744. The second-order valence-electron chi connectivity index (χ2n) is 3.80. The maximum atomic E-state index is 12.0. The first kappa shape index (κ1) is 14.1. The number of carbonyl (C=O) groups is 1. The van der Waals surface area contributed by atoms with E-state index in [1.807, 2.05) is 0 Å². The first-order chi connectivity index (χ1) is 9.62. The Labute approximate surface area is 120 Å². The van der Waals surface area contributed by atoms with Crippen LogP contribution in [0.5, 0.6) is 11.5 Å². The lowest BCUT2D eigenvalue weighted by atomic mass is 10.2. The molecule has 0 fully saturated rings. The van der Waals surface area contributed by atoms with Crippen molar-refractivity contribution in [3.05, 3.63) is 41.2 Å². The molecule has 20 heavy (non-hydrogen) atoms. The molecule has 0 atom stereocenters. The van der Waals surface area contributed by atoms with Crippen molar-refractivity contribution in [2.75, 3.05) is 19.5 Å². The van der Waals surface area contributed by atoms with Gasteiger partial charge in [0.1, 0.15) is 11.5 Å². The van der Waals surface area contributed by atoms with Gasteiger partial charge in [-0.2, -0.15) is 0 Å². The molecule has 0 saturated heterocycles. The van der Waals surface area contributed by atoms with Crippen LogP contribution in [0.15, 0.2) is 30.3 Å². The Kier molecular flexibility index (Phi) is 4.37. The third-order valence-electron chi connectivity index (χ3n) is 2.47. The zero-order valence-corrected chi connectivity index (χ0v) is 11.6. The molecule has 7 heteroatoms. The van der Waals surface area contributed by atoms with Gasteiger partial charge in [-0.15, -0.1) is 10.2 Å². The standard InChI is InChI=1S/C13H12ClN3O3/c1-19-9-5-8(6-10(7-9)20-2)15-13(18)11-3-4-12(14)17-16-11/h3-7H,1-2H3,(H,15,18). The van der Waals surface area contributed by atoms with Gasteiger partial charge in [0.25, 0.3) is 5.91 Å². The van der Waals surface area contributed by atoms with Crippen molar-refractivity contribution in [2.24, 2.45) is 0 Å². The maximum Gasteiger partial charge on any atom is 0.276 e. The highest BCUT2D eigenvalue weighted by molar-refractivity contribution is 6.29. The number of carbonyl (C=O) groups excluding carboxylic acids is 1. The van der Waals surface area contributed by atoms with Crippen LogP contribution in [0.2, 0.25) is 5.15 Å². The molecule has 0 unspecified atom stereocenters. The number of nitrogens with one attached hydrogen (secondary N) is 1. The fourth-order valence-electron chi connectivity index (χ4n) is 1.51. The summed E-state index contributed by atoms with van der Waals surface area (Å²) >= 11 is 5.62. The van der Waals surface area contributed by atoms with Crippen molar-refractivity contribution < 1.29 is 14.3 Å². The summed E-state index contributed by atoms with van der Waals surface area (Å²) in [5, 5.41) is 10.2. The summed E-state index contributed by atoms with van der Waals surface area (Å²) in [5.41, 5.74) is 0.694. The predicted octanol–water partition coefficient (Wildman–Crippen LogP) is 2.40. The molecule has 2 aromatic rings. The smallest absolute Gasteiger partial charge is 0.276 e. The van der Waals surface area contributed by atoms with Crippen molar-refractivity contribution in [3.63, 3.8) is 0 Å². The van der Waals surface area contributed by atoms with Crippen LogP contribution in [0, 0.1) is 0 Å². The van der Waals surface area contributed by atoms with Crippen LogP contribution in [-0.4, -0.2) is 30.3 Å². The minimum atomic E-state index is -0.399. The Morgan fingerprint density at radius 2 is 1.75 bits per heavy atom. The fraction of sp³-hybridized carbons (Fsp3) is 0.154. The monoisotopic (exact) mass is 293 g/mol. The number of aromatic nitrogens is 2. The highest BCUT2D eigenvalue weighted by atomic mass is 35.5. The molecular weight excluding hydrogens is 282 g/mol. The molecule has 1 heterocycles. The van der Waals surface area contributed by atoms with E-state index in [0.717, 1.165) is 0 Å². The largest absolute Gasteiger partial charge is 0.497 e. The van der Waals surface area contributed by atoms with Gasteiger partial charge in [-0.25, -0.2) is 0 Å². The molecule has 0 radical (unpaired) electrons. The van der Waals surface area contributed by atoms with Gasteiger partial charge in [0.05, 0.1) is 14.2 Å². The zero-order chi connectivity index (χ0) is 14.5. The van der Waals surface area contributed by atoms with Crippen molar-refractivity contribution >= 4 is 23.2 Å². The van der Waals surface area contributed by atoms with Gasteiger partial charge in [-0.1, -0.05) is 11.6 Å². The van der Waals surface area contributed by atoms with Crippen molar-refractivity contribution in [1.29, 1.82) is 0 Å². The van der Waals surface area contributed by atoms with Gasteiger partial charge in [0.15, 0.2) is 10.8 Å². The van der Waals surface area contributed by atoms with Crippen molar-refractivity contribution in [3.8, 4) is 11.5 Å². The quantitative estimate of drug-likeness (QED) is 0.937. The third-order valence-corrected chi connectivity index (χ3v) is 2.68. The normalized spacial score (nSPS) is 9.95. The second kappa shape index (κ2) is 6.21. The number of halogens is 1. The van der Waals surface area contributed by atoms with E-state index in [-0.39, 0.29) is 10.8 Å². The molecular formula is C13H12ClN3O3. The number of methoxy groups -OCH3 is 2. The maximum absolute atomic E-state index is 12.0. The molecule has 0 aliphatic rings. The van der Waals surface area contributed by atoms with E-state index in [2.05, 4.69) is 15.5 Å². The summed E-state index contributed by atoms with van der Waals surface area (Å²) < 4.78 is 10.2. The van der Waals surface area contributed by atoms with Crippen LogP contribution in [0.4, 0.5) is 5.69 Å². The minimum Gasteiger partial charge on any atom is -0.497 e. The van der Waals surface area contributed by atoms with Gasteiger partial charge in [0.2, 0.25) is 0 Å². The molecule has 0 aliphatic heterocycles. The van der Waals surface area contributed by atoms with Gasteiger partial charge in [0, 0.05) is 23.9 Å². The summed E-state index contributed by atoms with van der Waals surface area (Å²) in [4.78, 5) is 12.0. The van der Waals surface area contributed by atoms with E-state index >= 15 is 0 Å². The van der Waals surface area contributed by atoms with Crippen LogP contribution in [0.3, 0.4) is 0 Å². The lowest BCUT2D eigenvalue weighted by Gasteiger charge is -2.09. The Morgan fingerprint density at radius 1 is 1.10 bits per heavy atom. The second-order valence-corrected chi connectivity index (χ2v) is 4.18. The van der Waals surface area contributed by atoms with E-state index in [9.17, 15) is 4.79 Å². The average molecular weight is 294 g/mol. The van der Waals surface area contributed by atoms with E-state index in [4.69, 9.17) is 21.1 Å². The predicted molar refractivity (Wildman–Crippen MR) is 74.5 cm³/mol. The number of amides is 1. The van der Waals surface area contributed by atoms with Crippen LogP contribution in [0.1, 0.15) is 10.5 Å². The number of hydrogen-bond donors (Lipinski definition) is 1. The van der Waals surface area contributed by atoms with E-state index in [0.29, 0.717) is 17.2 Å². The zero-order valence-electron chi connectivity index (χ0n) is 10.9. The lowest BCUT2D eigenvalue weighted by Crippen LogP contribution is -2.14. The summed E-state index contributed by atoms with van der Waals surface area (Å²) in [6.45, 7) is 0. The Balaban J connectivity index is 2.20. The van der Waals surface area contributed by atoms with E-state index in [1.54, 1.807) is 18.2 Å². The van der Waals surface area contributed by atoms with E-state index < -0.39 is 5.91 Å². The Hall–Kier alpha value is -2.34. The highest BCUT2D eigenvalue weighted by Gasteiger charge is 2.10. The lowest BCUT2D eigenvalue weighted by molar-refractivity contribution is 0.102. The van der Waals surface area contributed by atoms with Gasteiger partial charge < -0.3 is 14.8 Å². The molecule has 0 bridgehead atoms. The van der Waals surface area contributed by atoms with Crippen LogP contribution in [-0.2, 0) is 0 Å². The first-order valence-corrected chi connectivity index (χ1v) is 6.04. The summed E-state index contributed by atoms with van der Waals surface area (Å²) in [6, 6.07) is 8.03. The molecule has 2 rings (SSSR count). The number of benzene rings is 1. The number of rotatable bonds is 4. The number of hydrogen-bond acceptors (Lipinski definition) is 5. The van der Waals surface area contributed by atoms with Crippen LogP contribution in [0.25, 0.3) is 0 Å². The third kappa shape index (κ3) is 3.36. The van der Waals surface area contributed by atoms with Gasteiger partial charge in [-0.3, -0.25) is 4.79 Å². The molecule has 0 saturated carbocycles. The molecule has 0 spiro atoms. The van der Waals surface area contributed by atoms with Gasteiger partial charge in [-0.05, 0) is 12.1 Å². The number of ether oxygens (including phenoxy) is 2. The topological polar surface area (TPSA) is 73.3 Å². The van der Waals surface area contributed by atoms with Crippen molar-refractivity contribution in [1.82, 2.24) is 10.2 Å². The number of anilines is 1. The van der Waals surface area contributed by atoms with Crippen molar-refractivity contribution in [2.45, 2.75) is 0 Å². The molecule has 1 aromatic carbocycles. The summed E-state index contributed by atoms with van der Waals surface area (Å²) in [7, 11) is 3.07. The van der Waals surface area contributed by atoms with E-state index in [1.165, 1.54) is 26.4 Å². The first-order valence-electron chi connectivity index (χ1n) is 5.66. The molecule has 1 aromatic heterocycles. The molecule has 1 N–H and O–H groups in total. The molecule has 104 valence electrons. The molecule has 6 nitrogen and oxygen atoms in total. The SMILES string of the molecule is COc1cc(NC(=O)c2ccc(Cl)nn2)cc(OC)c1. The minimum absolute atomic E-state index is 0.163.